The monoisotopic (exact) mass is 429 g/mol. The fourth-order valence-corrected chi connectivity index (χ4v) is 3.78. The largest absolute Gasteiger partial charge is 0.508 e. The zero-order valence-electron chi connectivity index (χ0n) is 15.5. The highest BCUT2D eigenvalue weighted by atomic mass is 32.1. The Bertz CT molecular complexity index is 1230. The van der Waals surface area contributed by atoms with Gasteiger partial charge in [-0.2, -0.15) is 18.3 Å². The molecule has 4 aromatic rings. The predicted molar refractivity (Wildman–Crippen MR) is 109 cm³/mol. The third kappa shape index (κ3) is 4.11. The van der Waals surface area contributed by atoms with Gasteiger partial charge in [-0.15, -0.1) is 16.5 Å². The summed E-state index contributed by atoms with van der Waals surface area (Å²) >= 11 is 1.51. The molecule has 0 amide bonds. The summed E-state index contributed by atoms with van der Waals surface area (Å²) in [5.74, 6) is 0.264. The molecule has 0 fully saturated rings. The number of aromatic hydroxyl groups is 1. The smallest absolute Gasteiger partial charge is 0.418 e. The van der Waals surface area contributed by atoms with Crippen LogP contribution in [0.5, 0.6) is 11.5 Å². The van der Waals surface area contributed by atoms with Crippen LogP contribution in [0.25, 0.3) is 20.8 Å². The van der Waals surface area contributed by atoms with Gasteiger partial charge in [0.1, 0.15) is 16.5 Å². The van der Waals surface area contributed by atoms with Crippen LogP contribution in [-0.2, 0) is 6.18 Å². The average molecular weight is 429 g/mol. The third-order valence-corrected chi connectivity index (χ3v) is 5.34. The standard InChI is InChI=1S/C21H14F3N3O2S/c1-29-15-7-9-18-19(11-15)30-20(25-18)12-2-4-13(5-3-12)26-27-17-8-6-14(28)10-16(17)21(22,23)24/h2-11,28H,1H3/b27-26+. The second-order valence-corrected chi connectivity index (χ2v) is 7.33. The zero-order chi connectivity index (χ0) is 21.3. The second-order valence-electron chi connectivity index (χ2n) is 6.30. The molecule has 0 aliphatic heterocycles. The lowest BCUT2D eigenvalue weighted by Crippen LogP contribution is -2.04. The molecule has 5 nitrogen and oxygen atoms in total. The Morgan fingerprint density at radius 2 is 1.73 bits per heavy atom. The maximum Gasteiger partial charge on any atom is 0.418 e. The van der Waals surface area contributed by atoms with Crippen molar-refractivity contribution in [2.45, 2.75) is 6.18 Å². The Morgan fingerprint density at radius 3 is 2.43 bits per heavy atom. The summed E-state index contributed by atoms with van der Waals surface area (Å²) in [5.41, 5.74) is 0.682. The first-order chi connectivity index (χ1) is 14.3. The molecular weight excluding hydrogens is 415 g/mol. The molecule has 3 aromatic carbocycles. The van der Waals surface area contributed by atoms with Crippen LogP contribution in [0, 0.1) is 0 Å². The van der Waals surface area contributed by atoms with Crippen molar-refractivity contribution >= 4 is 32.9 Å². The number of benzene rings is 3. The number of azo groups is 1. The van der Waals surface area contributed by atoms with Crippen molar-refractivity contribution in [2.75, 3.05) is 7.11 Å². The molecule has 0 saturated carbocycles. The molecule has 0 saturated heterocycles. The van der Waals surface area contributed by atoms with Crippen molar-refractivity contribution in [2.24, 2.45) is 10.2 Å². The Morgan fingerprint density at radius 1 is 0.967 bits per heavy atom. The first-order valence-corrected chi connectivity index (χ1v) is 9.52. The van der Waals surface area contributed by atoms with Crippen LogP contribution >= 0.6 is 11.3 Å². The summed E-state index contributed by atoms with van der Waals surface area (Å²) in [4.78, 5) is 4.59. The van der Waals surface area contributed by atoms with Gasteiger partial charge in [0.05, 0.1) is 34.3 Å². The number of fused-ring (bicyclic) bond motifs is 1. The van der Waals surface area contributed by atoms with Crippen LogP contribution in [0.2, 0.25) is 0 Å². The van der Waals surface area contributed by atoms with Crippen LogP contribution in [0.4, 0.5) is 24.5 Å². The van der Waals surface area contributed by atoms with Gasteiger partial charge in [-0.1, -0.05) is 0 Å². The summed E-state index contributed by atoms with van der Waals surface area (Å²) in [6.45, 7) is 0. The quantitative estimate of drug-likeness (QED) is 0.352. The number of aromatic nitrogens is 1. The SMILES string of the molecule is COc1ccc2nc(-c3ccc(/N=N/c4ccc(O)cc4C(F)(F)F)cc3)sc2c1. The molecule has 0 spiro atoms. The summed E-state index contributed by atoms with van der Waals surface area (Å²) in [6, 6.07) is 15.3. The highest BCUT2D eigenvalue weighted by molar-refractivity contribution is 7.21. The lowest BCUT2D eigenvalue weighted by atomic mass is 10.1. The minimum atomic E-state index is -4.65. The molecule has 30 heavy (non-hydrogen) atoms. The molecule has 0 bridgehead atoms. The molecule has 0 unspecified atom stereocenters. The van der Waals surface area contributed by atoms with Crippen molar-refractivity contribution in [3.63, 3.8) is 0 Å². The number of halogens is 3. The number of hydrogen-bond acceptors (Lipinski definition) is 6. The summed E-state index contributed by atoms with van der Waals surface area (Å²) < 4.78 is 45.5. The molecule has 9 heteroatoms. The van der Waals surface area contributed by atoms with E-state index >= 15 is 0 Å². The maximum atomic E-state index is 13.1. The molecule has 0 atom stereocenters. The molecule has 1 heterocycles. The maximum absolute atomic E-state index is 13.1. The van der Waals surface area contributed by atoms with Crippen molar-refractivity contribution in [1.29, 1.82) is 0 Å². The number of phenols is 1. The number of phenolic OH excluding ortho intramolecular Hbond substituents is 1. The number of hydrogen-bond donors (Lipinski definition) is 1. The molecule has 0 aliphatic rings. The molecule has 0 aliphatic carbocycles. The van der Waals surface area contributed by atoms with E-state index in [1.54, 1.807) is 31.4 Å². The van der Waals surface area contributed by atoms with Gasteiger partial charge in [-0.3, -0.25) is 0 Å². The lowest BCUT2D eigenvalue weighted by Gasteiger charge is -2.09. The van der Waals surface area contributed by atoms with Gasteiger partial charge in [0.2, 0.25) is 0 Å². The van der Waals surface area contributed by atoms with Crippen LogP contribution in [0.15, 0.2) is 70.9 Å². The van der Waals surface area contributed by atoms with Gasteiger partial charge in [0.25, 0.3) is 0 Å². The van der Waals surface area contributed by atoms with E-state index in [1.165, 1.54) is 11.3 Å². The van der Waals surface area contributed by atoms with Crippen molar-refractivity contribution in [3.8, 4) is 22.1 Å². The lowest BCUT2D eigenvalue weighted by molar-refractivity contribution is -0.137. The molecular formula is C21H14F3N3O2S. The molecule has 1 aromatic heterocycles. The van der Waals surface area contributed by atoms with Gasteiger partial charge in [0, 0.05) is 5.56 Å². The zero-order valence-corrected chi connectivity index (χ0v) is 16.3. The first kappa shape index (κ1) is 19.8. The van der Waals surface area contributed by atoms with Crippen LogP contribution in [-0.4, -0.2) is 17.2 Å². The second kappa shape index (κ2) is 7.75. The van der Waals surface area contributed by atoms with Crippen molar-refractivity contribution in [1.82, 2.24) is 4.98 Å². The fourth-order valence-electron chi connectivity index (χ4n) is 2.78. The number of thiazole rings is 1. The van der Waals surface area contributed by atoms with Gasteiger partial charge < -0.3 is 9.84 Å². The van der Waals surface area contributed by atoms with E-state index in [1.807, 2.05) is 18.2 Å². The number of ether oxygens (including phenoxy) is 1. The molecule has 152 valence electrons. The van der Waals surface area contributed by atoms with Crippen molar-refractivity contribution in [3.05, 3.63) is 66.2 Å². The molecule has 4 rings (SSSR count). The van der Waals surface area contributed by atoms with Crippen LogP contribution < -0.4 is 4.74 Å². The highest BCUT2D eigenvalue weighted by Crippen LogP contribution is 2.39. The number of alkyl halides is 3. The summed E-state index contributed by atoms with van der Waals surface area (Å²) in [6.07, 6.45) is -4.65. The van der Waals surface area contributed by atoms with E-state index in [9.17, 15) is 18.3 Å². The third-order valence-electron chi connectivity index (χ3n) is 4.27. The Balaban J connectivity index is 1.59. The minimum Gasteiger partial charge on any atom is -0.508 e. The molecule has 1 N–H and O–H groups in total. The van der Waals surface area contributed by atoms with E-state index in [0.29, 0.717) is 11.8 Å². The average Bonchev–Trinajstić information content (AvgIpc) is 3.15. The van der Waals surface area contributed by atoms with E-state index in [0.717, 1.165) is 38.7 Å². The van der Waals surface area contributed by atoms with Crippen LogP contribution in [0.1, 0.15) is 5.56 Å². The normalized spacial score (nSPS) is 12.0. The Kier molecular flexibility index (Phi) is 5.13. The number of nitrogens with zero attached hydrogens (tertiary/aromatic N) is 3. The van der Waals surface area contributed by atoms with Gasteiger partial charge in [-0.25, -0.2) is 4.98 Å². The number of methoxy groups -OCH3 is 1. The topological polar surface area (TPSA) is 67.1 Å². The number of rotatable bonds is 4. The summed E-state index contributed by atoms with van der Waals surface area (Å²) in [5, 5.41) is 17.7. The van der Waals surface area contributed by atoms with Gasteiger partial charge >= 0.3 is 6.18 Å². The van der Waals surface area contributed by atoms with E-state index in [2.05, 4.69) is 15.2 Å². The Labute approximate surface area is 173 Å². The van der Waals surface area contributed by atoms with Crippen LogP contribution in [0.3, 0.4) is 0 Å². The van der Waals surface area contributed by atoms with Gasteiger partial charge in [-0.05, 0) is 60.7 Å². The Hall–Kier alpha value is -3.46. The highest BCUT2D eigenvalue weighted by Gasteiger charge is 2.34. The van der Waals surface area contributed by atoms with E-state index < -0.39 is 17.5 Å². The minimum absolute atomic E-state index is 0.371. The first-order valence-electron chi connectivity index (χ1n) is 8.70. The molecule has 0 radical (unpaired) electrons. The van der Waals surface area contributed by atoms with Gasteiger partial charge in [0.15, 0.2) is 0 Å². The van der Waals surface area contributed by atoms with Crippen molar-refractivity contribution < 1.29 is 23.0 Å². The van der Waals surface area contributed by atoms with E-state index in [4.69, 9.17) is 4.74 Å². The van der Waals surface area contributed by atoms with E-state index in [-0.39, 0.29) is 5.69 Å². The fraction of sp³-hybridized carbons (Fsp3) is 0.0952. The predicted octanol–water partition coefficient (Wildman–Crippen LogP) is 7.11. The summed E-state index contributed by atoms with van der Waals surface area (Å²) in [7, 11) is 1.60.